The number of nitrogens with one attached hydrogen (secondary N) is 1. The molecule has 0 atom stereocenters. The second-order valence-electron chi connectivity index (χ2n) is 4.10. The van der Waals surface area contributed by atoms with E-state index in [1.165, 1.54) is 0 Å². The Morgan fingerprint density at radius 1 is 1.11 bits per heavy atom. The van der Waals surface area contributed by atoms with Crippen molar-refractivity contribution in [2.24, 2.45) is 0 Å². The zero-order valence-corrected chi connectivity index (χ0v) is 13.1. The molecule has 1 amide bonds. The number of carbonyl (C=O) groups excluding carboxylic acids is 1. The van der Waals surface area contributed by atoms with Crippen LogP contribution in [-0.4, -0.2) is 5.91 Å². The third-order valence-corrected chi connectivity index (χ3v) is 3.68. The molecule has 0 saturated carbocycles. The Kier molecular flexibility index (Phi) is 4.50. The van der Waals surface area contributed by atoms with Crippen molar-refractivity contribution in [3.63, 3.8) is 0 Å². The van der Waals surface area contributed by atoms with E-state index < -0.39 is 0 Å². The zero-order valence-electron chi connectivity index (χ0n) is 10.0. The summed E-state index contributed by atoms with van der Waals surface area (Å²) >= 11 is 15.1. The fourth-order valence-corrected chi connectivity index (χ4v) is 2.55. The number of rotatable bonds is 2. The zero-order chi connectivity index (χ0) is 14.0. The highest BCUT2D eigenvalue weighted by Gasteiger charge is 2.09. The second kappa shape index (κ2) is 5.95. The van der Waals surface area contributed by atoms with E-state index in [0.717, 1.165) is 15.7 Å². The summed E-state index contributed by atoms with van der Waals surface area (Å²) in [4.78, 5) is 12.1. The highest BCUT2D eigenvalue weighted by molar-refractivity contribution is 9.10. The number of carbonyl (C=O) groups is 1. The van der Waals surface area contributed by atoms with Crippen molar-refractivity contribution in [2.75, 3.05) is 5.32 Å². The Hall–Kier alpha value is -1.03. The van der Waals surface area contributed by atoms with Gasteiger partial charge in [0.25, 0.3) is 5.91 Å². The normalized spacial score (nSPS) is 10.3. The summed E-state index contributed by atoms with van der Waals surface area (Å²) in [5.41, 5.74) is 2.24. The first-order valence-corrected chi connectivity index (χ1v) is 7.04. The summed E-state index contributed by atoms with van der Waals surface area (Å²) < 4.78 is 0.914. The molecule has 0 spiro atoms. The van der Waals surface area contributed by atoms with Gasteiger partial charge in [0, 0.05) is 15.7 Å². The minimum atomic E-state index is -0.226. The molecule has 0 aromatic heterocycles. The summed E-state index contributed by atoms with van der Waals surface area (Å²) in [5, 5.41) is 3.60. The summed E-state index contributed by atoms with van der Waals surface area (Å²) in [6, 6.07) is 10.5. The van der Waals surface area contributed by atoms with Crippen LogP contribution in [0.2, 0.25) is 10.0 Å². The quantitative estimate of drug-likeness (QED) is 0.773. The molecule has 0 aliphatic heterocycles. The summed E-state index contributed by atoms with van der Waals surface area (Å²) in [6.07, 6.45) is 0. The Morgan fingerprint density at radius 2 is 1.84 bits per heavy atom. The number of benzene rings is 2. The van der Waals surface area contributed by atoms with Crippen LogP contribution in [0.25, 0.3) is 0 Å². The predicted octanol–water partition coefficient (Wildman–Crippen LogP) is 5.32. The maximum Gasteiger partial charge on any atom is 0.255 e. The van der Waals surface area contributed by atoms with Gasteiger partial charge < -0.3 is 5.32 Å². The molecule has 2 rings (SSSR count). The van der Waals surface area contributed by atoms with Crippen LogP contribution in [0.15, 0.2) is 40.9 Å². The van der Waals surface area contributed by atoms with Gasteiger partial charge >= 0.3 is 0 Å². The molecule has 0 unspecified atom stereocenters. The molecule has 0 fully saturated rings. The topological polar surface area (TPSA) is 29.1 Å². The molecule has 1 N–H and O–H groups in total. The Morgan fingerprint density at radius 3 is 2.47 bits per heavy atom. The SMILES string of the molecule is Cc1cc(Br)cc(NC(=O)c2ccc(Cl)c(Cl)c2)c1. The molecule has 0 radical (unpaired) electrons. The lowest BCUT2D eigenvalue weighted by molar-refractivity contribution is 0.102. The second-order valence-corrected chi connectivity index (χ2v) is 5.83. The number of amides is 1. The molecule has 0 aliphatic rings. The standard InChI is InChI=1S/C14H10BrCl2NO/c1-8-4-10(15)7-11(5-8)18-14(19)9-2-3-12(16)13(17)6-9/h2-7H,1H3,(H,18,19). The molecule has 0 saturated heterocycles. The van der Waals surface area contributed by atoms with Crippen LogP contribution >= 0.6 is 39.1 Å². The van der Waals surface area contributed by atoms with E-state index in [0.29, 0.717) is 15.6 Å². The van der Waals surface area contributed by atoms with Gasteiger partial charge in [-0.15, -0.1) is 0 Å². The Labute approximate surface area is 129 Å². The van der Waals surface area contributed by atoms with E-state index in [2.05, 4.69) is 21.2 Å². The maximum absolute atomic E-state index is 12.1. The fourth-order valence-electron chi connectivity index (χ4n) is 1.65. The van der Waals surface area contributed by atoms with Crippen LogP contribution in [0, 0.1) is 6.92 Å². The third kappa shape index (κ3) is 3.72. The summed E-state index contributed by atoms with van der Waals surface area (Å²) in [7, 11) is 0. The van der Waals surface area contributed by atoms with Crippen molar-refractivity contribution in [2.45, 2.75) is 6.92 Å². The van der Waals surface area contributed by atoms with Crippen molar-refractivity contribution < 1.29 is 4.79 Å². The smallest absolute Gasteiger partial charge is 0.255 e. The van der Waals surface area contributed by atoms with E-state index in [4.69, 9.17) is 23.2 Å². The van der Waals surface area contributed by atoms with E-state index in [9.17, 15) is 4.79 Å². The average molecular weight is 359 g/mol. The molecule has 0 heterocycles. The fraction of sp³-hybridized carbons (Fsp3) is 0.0714. The predicted molar refractivity (Wildman–Crippen MR) is 83.3 cm³/mol. The van der Waals surface area contributed by atoms with Gasteiger partial charge in [-0.1, -0.05) is 39.1 Å². The number of hydrogen-bond acceptors (Lipinski definition) is 1. The first-order chi connectivity index (χ1) is 8.95. The van der Waals surface area contributed by atoms with Crippen LogP contribution < -0.4 is 5.32 Å². The molecule has 98 valence electrons. The van der Waals surface area contributed by atoms with Crippen LogP contribution in [0.3, 0.4) is 0 Å². The van der Waals surface area contributed by atoms with E-state index in [-0.39, 0.29) is 5.91 Å². The lowest BCUT2D eigenvalue weighted by atomic mass is 10.2. The first-order valence-electron chi connectivity index (χ1n) is 5.49. The Balaban J connectivity index is 2.22. The van der Waals surface area contributed by atoms with Crippen LogP contribution in [0.5, 0.6) is 0 Å². The van der Waals surface area contributed by atoms with Crippen molar-refractivity contribution >= 4 is 50.7 Å². The average Bonchev–Trinajstić information content (AvgIpc) is 2.31. The van der Waals surface area contributed by atoms with E-state index in [1.807, 2.05) is 25.1 Å². The lowest BCUT2D eigenvalue weighted by Gasteiger charge is -2.07. The number of aryl methyl sites for hydroxylation is 1. The molecular formula is C14H10BrCl2NO. The first kappa shape index (κ1) is 14.4. The van der Waals surface area contributed by atoms with Crippen molar-refractivity contribution in [1.29, 1.82) is 0 Å². The van der Waals surface area contributed by atoms with Gasteiger partial charge in [-0.05, 0) is 48.9 Å². The monoisotopic (exact) mass is 357 g/mol. The minimum absolute atomic E-state index is 0.226. The summed E-state index contributed by atoms with van der Waals surface area (Å²) in [5.74, 6) is -0.226. The molecule has 19 heavy (non-hydrogen) atoms. The number of anilines is 1. The van der Waals surface area contributed by atoms with Crippen molar-refractivity contribution in [1.82, 2.24) is 0 Å². The molecule has 2 nitrogen and oxygen atoms in total. The molecule has 0 aliphatic carbocycles. The van der Waals surface area contributed by atoms with Gasteiger partial charge in [0.15, 0.2) is 0 Å². The van der Waals surface area contributed by atoms with Gasteiger partial charge in [0.1, 0.15) is 0 Å². The van der Waals surface area contributed by atoms with Gasteiger partial charge in [0.05, 0.1) is 10.0 Å². The number of hydrogen-bond donors (Lipinski definition) is 1. The van der Waals surface area contributed by atoms with Crippen LogP contribution in [0.4, 0.5) is 5.69 Å². The largest absolute Gasteiger partial charge is 0.322 e. The highest BCUT2D eigenvalue weighted by Crippen LogP contribution is 2.24. The van der Waals surface area contributed by atoms with Gasteiger partial charge in [-0.25, -0.2) is 0 Å². The minimum Gasteiger partial charge on any atom is -0.322 e. The van der Waals surface area contributed by atoms with E-state index in [1.54, 1.807) is 18.2 Å². The van der Waals surface area contributed by atoms with Crippen LogP contribution in [-0.2, 0) is 0 Å². The molecule has 5 heteroatoms. The maximum atomic E-state index is 12.1. The molecule has 2 aromatic carbocycles. The highest BCUT2D eigenvalue weighted by atomic mass is 79.9. The van der Waals surface area contributed by atoms with E-state index >= 15 is 0 Å². The Bertz CT molecular complexity index is 623. The van der Waals surface area contributed by atoms with Crippen molar-refractivity contribution in [3.8, 4) is 0 Å². The van der Waals surface area contributed by atoms with Gasteiger partial charge in [-0.2, -0.15) is 0 Å². The molecule has 2 aromatic rings. The number of halogens is 3. The third-order valence-electron chi connectivity index (χ3n) is 2.48. The molecular weight excluding hydrogens is 349 g/mol. The van der Waals surface area contributed by atoms with Gasteiger partial charge in [-0.3, -0.25) is 4.79 Å². The van der Waals surface area contributed by atoms with Crippen LogP contribution in [0.1, 0.15) is 15.9 Å². The summed E-state index contributed by atoms with van der Waals surface area (Å²) in [6.45, 7) is 1.96. The van der Waals surface area contributed by atoms with Gasteiger partial charge in [0.2, 0.25) is 0 Å². The lowest BCUT2D eigenvalue weighted by Crippen LogP contribution is -2.11. The van der Waals surface area contributed by atoms with Crippen molar-refractivity contribution in [3.05, 3.63) is 62.0 Å². The molecule has 0 bridgehead atoms.